The highest BCUT2D eigenvalue weighted by Crippen LogP contribution is 2.32. The second kappa shape index (κ2) is 13.0. The summed E-state index contributed by atoms with van der Waals surface area (Å²) in [6.07, 6.45) is 0.0681. The molecule has 0 bridgehead atoms. The first-order valence-electron chi connectivity index (χ1n) is 10.8. The van der Waals surface area contributed by atoms with E-state index in [4.69, 9.17) is 34.8 Å². The number of anilines is 1. The van der Waals surface area contributed by atoms with Crippen molar-refractivity contribution < 1.29 is 19.5 Å². The van der Waals surface area contributed by atoms with E-state index in [2.05, 4.69) is 21.3 Å². The fourth-order valence-corrected chi connectivity index (χ4v) is 4.03. The maximum atomic E-state index is 12.7. The molecule has 0 aromatic heterocycles. The number of para-hydroxylation sites is 1. The number of urea groups is 1. The molecular weight excluding hydrogens is 527 g/mol. The Morgan fingerprint density at radius 1 is 0.833 bits per heavy atom. The molecule has 0 saturated carbocycles. The van der Waals surface area contributed by atoms with Crippen molar-refractivity contribution in [3.8, 4) is 5.75 Å². The van der Waals surface area contributed by atoms with Crippen LogP contribution < -0.4 is 21.3 Å². The van der Waals surface area contributed by atoms with Crippen molar-refractivity contribution in [1.29, 1.82) is 0 Å². The summed E-state index contributed by atoms with van der Waals surface area (Å²) in [5.74, 6) is -0.819. The molecule has 36 heavy (non-hydrogen) atoms. The molecule has 3 aromatic rings. The SMILES string of the molecule is O=C(Cc1cccc(Cl)c1)Nc1ccc(Cl)c(C(=O)NCCNC(=O)NCc2ccccc2O)c1Cl. The van der Waals surface area contributed by atoms with Crippen LogP contribution in [-0.4, -0.2) is 36.0 Å². The highest BCUT2D eigenvalue weighted by Gasteiger charge is 2.19. The molecule has 0 spiro atoms. The minimum atomic E-state index is -0.563. The highest BCUT2D eigenvalue weighted by atomic mass is 35.5. The number of amides is 4. The van der Waals surface area contributed by atoms with Crippen molar-refractivity contribution in [2.75, 3.05) is 18.4 Å². The minimum Gasteiger partial charge on any atom is -0.508 e. The van der Waals surface area contributed by atoms with Gasteiger partial charge in [-0.1, -0.05) is 65.1 Å². The topological polar surface area (TPSA) is 120 Å². The number of benzene rings is 3. The highest BCUT2D eigenvalue weighted by molar-refractivity contribution is 6.41. The van der Waals surface area contributed by atoms with Crippen LogP contribution in [0.5, 0.6) is 5.75 Å². The Morgan fingerprint density at radius 3 is 2.33 bits per heavy atom. The van der Waals surface area contributed by atoms with E-state index in [1.165, 1.54) is 18.2 Å². The summed E-state index contributed by atoms with van der Waals surface area (Å²) in [5, 5.41) is 20.9. The average molecular weight is 550 g/mol. The van der Waals surface area contributed by atoms with E-state index in [-0.39, 0.29) is 59.0 Å². The van der Waals surface area contributed by atoms with Crippen LogP contribution in [0.2, 0.25) is 15.1 Å². The Kier molecular flexibility index (Phi) is 9.81. The van der Waals surface area contributed by atoms with Gasteiger partial charge in [0.2, 0.25) is 5.91 Å². The van der Waals surface area contributed by atoms with Gasteiger partial charge in [0.25, 0.3) is 5.91 Å². The van der Waals surface area contributed by atoms with Gasteiger partial charge in [-0.3, -0.25) is 9.59 Å². The summed E-state index contributed by atoms with van der Waals surface area (Å²) in [5.41, 5.74) is 1.53. The average Bonchev–Trinajstić information content (AvgIpc) is 2.83. The third-order valence-corrected chi connectivity index (χ3v) is 5.92. The number of aromatic hydroxyl groups is 1. The van der Waals surface area contributed by atoms with Crippen molar-refractivity contribution in [2.24, 2.45) is 0 Å². The maximum absolute atomic E-state index is 12.7. The lowest BCUT2D eigenvalue weighted by Crippen LogP contribution is -2.40. The largest absolute Gasteiger partial charge is 0.508 e. The zero-order valence-corrected chi connectivity index (χ0v) is 21.2. The molecule has 3 rings (SSSR count). The Hall–Kier alpha value is -3.46. The maximum Gasteiger partial charge on any atom is 0.315 e. The third-order valence-electron chi connectivity index (χ3n) is 4.97. The van der Waals surface area contributed by atoms with Crippen LogP contribution in [0.25, 0.3) is 0 Å². The molecule has 5 N–H and O–H groups in total. The molecule has 0 aliphatic rings. The number of hydrogen-bond acceptors (Lipinski definition) is 4. The summed E-state index contributed by atoms with van der Waals surface area (Å²) >= 11 is 18.5. The number of hydrogen-bond donors (Lipinski definition) is 5. The van der Waals surface area contributed by atoms with Gasteiger partial charge in [0.05, 0.1) is 27.7 Å². The molecule has 0 atom stereocenters. The van der Waals surface area contributed by atoms with Crippen LogP contribution in [0.4, 0.5) is 10.5 Å². The second-order valence-electron chi connectivity index (χ2n) is 7.63. The molecule has 188 valence electrons. The molecule has 3 aromatic carbocycles. The predicted molar refractivity (Wildman–Crippen MR) is 141 cm³/mol. The Balaban J connectivity index is 1.50. The second-order valence-corrected chi connectivity index (χ2v) is 8.85. The van der Waals surface area contributed by atoms with Crippen molar-refractivity contribution in [1.82, 2.24) is 16.0 Å². The van der Waals surface area contributed by atoms with Crippen LogP contribution in [-0.2, 0) is 17.8 Å². The number of rotatable bonds is 9. The van der Waals surface area contributed by atoms with Crippen molar-refractivity contribution in [3.63, 3.8) is 0 Å². The lowest BCUT2D eigenvalue weighted by atomic mass is 10.1. The number of halogens is 3. The summed E-state index contributed by atoms with van der Waals surface area (Å²) in [6, 6.07) is 16.1. The van der Waals surface area contributed by atoms with Crippen LogP contribution in [0.1, 0.15) is 21.5 Å². The van der Waals surface area contributed by atoms with Gasteiger partial charge in [0.15, 0.2) is 0 Å². The monoisotopic (exact) mass is 548 g/mol. The Bertz CT molecular complexity index is 1270. The van der Waals surface area contributed by atoms with Crippen LogP contribution in [0.15, 0.2) is 60.7 Å². The third kappa shape index (κ3) is 7.78. The number of phenols is 1. The van der Waals surface area contributed by atoms with E-state index in [9.17, 15) is 19.5 Å². The first-order chi connectivity index (χ1) is 17.2. The number of nitrogens with one attached hydrogen (secondary N) is 4. The van der Waals surface area contributed by atoms with Gasteiger partial charge in [-0.25, -0.2) is 4.79 Å². The van der Waals surface area contributed by atoms with Crippen LogP contribution in [0.3, 0.4) is 0 Å². The molecule has 0 saturated heterocycles. The van der Waals surface area contributed by atoms with Gasteiger partial charge < -0.3 is 26.4 Å². The van der Waals surface area contributed by atoms with Crippen molar-refractivity contribution >= 4 is 58.3 Å². The van der Waals surface area contributed by atoms with E-state index >= 15 is 0 Å². The zero-order valence-electron chi connectivity index (χ0n) is 18.9. The summed E-state index contributed by atoms with van der Waals surface area (Å²) in [6.45, 7) is 0.371. The van der Waals surface area contributed by atoms with E-state index in [0.29, 0.717) is 10.6 Å². The van der Waals surface area contributed by atoms with E-state index < -0.39 is 11.9 Å². The normalized spacial score (nSPS) is 10.4. The van der Waals surface area contributed by atoms with Gasteiger partial charge >= 0.3 is 6.03 Å². The van der Waals surface area contributed by atoms with E-state index in [1.807, 2.05) is 0 Å². The molecule has 0 aliphatic heterocycles. The Morgan fingerprint density at radius 2 is 1.58 bits per heavy atom. The standard InChI is InChI=1S/C25H23Cl3N4O4/c26-17-6-3-4-15(12-17)13-21(34)32-19-9-8-18(27)22(23(19)28)24(35)29-10-11-30-25(36)31-14-16-5-1-2-7-20(16)33/h1-9,12,33H,10-11,13-14H2,(H,29,35)(H,32,34)(H2,30,31,36). The summed E-state index contributed by atoms with van der Waals surface area (Å²) < 4.78 is 0. The van der Waals surface area contributed by atoms with Gasteiger partial charge in [-0.15, -0.1) is 0 Å². The molecule has 8 nitrogen and oxygen atoms in total. The molecule has 0 heterocycles. The fourth-order valence-electron chi connectivity index (χ4n) is 3.22. The fraction of sp³-hybridized carbons (Fsp3) is 0.160. The summed E-state index contributed by atoms with van der Waals surface area (Å²) in [7, 11) is 0. The number of carbonyl (C=O) groups excluding carboxylic acids is 3. The molecule has 4 amide bonds. The van der Waals surface area contributed by atoms with Gasteiger partial charge in [0, 0.05) is 30.2 Å². The van der Waals surface area contributed by atoms with Crippen LogP contribution >= 0.6 is 34.8 Å². The molecule has 0 unspecified atom stereocenters. The van der Waals surface area contributed by atoms with Crippen molar-refractivity contribution in [2.45, 2.75) is 13.0 Å². The summed E-state index contributed by atoms with van der Waals surface area (Å²) in [4.78, 5) is 37.1. The quantitative estimate of drug-likeness (QED) is 0.247. The minimum absolute atomic E-state index is 0.00268. The van der Waals surface area contributed by atoms with Gasteiger partial charge in [-0.05, 0) is 35.9 Å². The lowest BCUT2D eigenvalue weighted by molar-refractivity contribution is -0.115. The number of carbonyl (C=O) groups is 3. The van der Waals surface area contributed by atoms with Crippen molar-refractivity contribution in [3.05, 3.63) is 92.4 Å². The van der Waals surface area contributed by atoms with Crippen LogP contribution in [0, 0.1) is 0 Å². The Labute approximate surface area is 222 Å². The molecular formula is C25H23Cl3N4O4. The van der Waals surface area contributed by atoms with E-state index in [1.54, 1.807) is 42.5 Å². The molecule has 11 heteroatoms. The first-order valence-corrected chi connectivity index (χ1v) is 12.0. The van der Waals surface area contributed by atoms with E-state index in [0.717, 1.165) is 5.56 Å². The lowest BCUT2D eigenvalue weighted by Gasteiger charge is -2.13. The smallest absolute Gasteiger partial charge is 0.315 e. The van der Waals surface area contributed by atoms with Gasteiger partial charge in [-0.2, -0.15) is 0 Å². The predicted octanol–water partition coefficient (Wildman–Crippen LogP) is 4.76. The molecule has 0 fully saturated rings. The number of phenolic OH excluding ortho intramolecular Hbond substituents is 1. The molecule has 0 aliphatic carbocycles. The zero-order chi connectivity index (χ0) is 26.1. The first kappa shape index (κ1) is 27.1. The molecule has 0 radical (unpaired) electrons. The van der Waals surface area contributed by atoms with Gasteiger partial charge in [0.1, 0.15) is 5.75 Å².